The van der Waals surface area contributed by atoms with E-state index in [1.165, 1.54) is 6.92 Å². The number of carboxylic acids is 1. The van der Waals surface area contributed by atoms with Crippen molar-refractivity contribution < 1.29 is 19.8 Å². The van der Waals surface area contributed by atoms with Gasteiger partial charge in [0, 0.05) is 26.6 Å². The lowest BCUT2D eigenvalue weighted by molar-refractivity contribution is -0.142. The molecule has 0 spiro atoms. The van der Waals surface area contributed by atoms with Gasteiger partial charge in [-0.05, 0) is 18.9 Å². The normalized spacial score (nSPS) is 23.0. The number of hydrogen-bond acceptors (Lipinski definition) is 4. The van der Waals surface area contributed by atoms with E-state index in [1.807, 2.05) is 4.90 Å². The number of aliphatic carboxylic acids is 1. The summed E-state index contributed by atoms with van der Waals surface area (Å²) in [6, 6.07) is -0.866. The van der Waals surface area contributed by atoms with E-state index in [-0.39, 0.29) is 18.4 Å². The van der Waals surface area contributed by atoms with E-state index < -0.39 is 12.0 Å². The van der Waals surface area contributed by atoms with Crippen LogP contribution in [0.2, 0.25) is 0 Å². The van der Waals surface area contributed by atoms with Gasteiger partial charge < -0.3 is 20.4 Å². The highest BCUT2D eigenvalue weighted by Crippen LogP contribution is 2.15. The largest absolute Gasteiger partial charge is 0.480 e. The third-order valence-corrected chi connectivity index (χ3v) is 2.74. The first kappa shape index (κ1) is 12.9. The maximum absolute atomic E-state index is 10.9. The van der Waals surface area contributed by atoms with Crippen LogP contribution in [-0.2, 0) is 9.59 Å². The summed E-state index contributed by atoms with van der Waals surface area (Å²) in [5.74, 6) is -1.14. The number of likely N-dealkylation sites (tertiary alicyclic amines) is 1. The molecule has 6 nitrogen and oxygen atoms in total. The van der Waals surface area contributed by atoms with Crippen LogP contribution in [0.5, 0.6) is 0 Å². The Bertz CT molecular complexity index is 270. The number of hydrogen-bond donors (Lipinski definition) is 3. The van der Waals surface area contributed by atoms with E-state index in [0.717, 1.165) is 13.0 Å². The number of carbonyl (C=O) groups excluding carboxylic acids is 1. The maximum Gasteiger partial charge on any atom is 0.327 e. The molecule has 6 heteroatoms. The Balaban J connectivity index is 2.43. The average molecular weight is 230 g/mol. The third kappa shape index (κ3) is 3.79. The highest BCUT2D eigenvalue weighted by atomic mass is 16.4. The molecule has 0 bridgehead atoms. The quantitative estimate of drug-likeness (QED) is 0.557. The van der Waals surface area contributed by atoms with Gasteiger partial charge in [0.15, 0.2) is 0 Å². The molecule has 1 rings (SSSR count). The Morgan fingerprint density at radius 3 is 2.69 bits per heavy atom. The minimum Gasteiger partial charge on any atom is -0.480 e. The van der Waals surface area contributed by atoms with Crippen molar-refractivity contribution in [3.05, 3.63) is 0 Å². The number of carbonyl (C=O) groups is 2. The smallest absolute Gasteiger partial charge is 0.327 e. The van der Waals surface area contributed by atoms with Gasteiger partial charge in [-0.1, -0.05) is 0 Å². The van der Waals surface area contributed by atoms with Gasteiger partial charge >= 0.3 is 5.97 Å². The van der Waals surface area contributed by atoms with E-state index in [4.69, 9.17) is 10.2 Å². The van der Waals surface area contributed by atoms with Gasteiger partial charge in [-0.15, -0.1) is 0 Å². The number of aliphatic hydroxyl groups is 1. The van der Waals surface area contributed by atoms with E-state index in [1.54, 1.807) is 0 Å². The molecule has 1 aliphatic rings. The number of carboxylic acid groups (broad SMARTS) is 1. The fourth-order valence-electron chi connectivity index (χ4n) is 1.92. The summed E-state index contributed by atoms with van der Waals surface area (Å²) in [6.07, 6.45) is 0.878. The van der Waals surface area contributed by atoms with Gasteiger partial charge in [-0.3, -0.25) is 4.79 Å². The van der Waals surface area contributed by atoms with Crippen LogP contribution in [0.3, 0.4) is 0 Å². The molecule has 2 atom stereocenters. The standard InChI is InChI=1S/C10H18N2O4/c1-7(14)11-9(10(15)16)5-12-3-2-8(4-12)6-13/h8-9,13H,2-6H2,1H3,(H,11,14)(H,15,16). The van der Waals surface area contributed by atoms with Gasteiger partial charge in [0.05, 0.1) is 0 Å². The Kier molecular flexibility index (Phi) is 4.70. The summed E-state index contributed by atoms with van der Waals surface area (Å²) >= 11 is 0. The van der Waals surface area contributed by atoms with E-state index in [9.17, 15) is 9.59 Å². The number of aliphatic hydroxyl groups excluding tert-OH is 1. The number of amides is 1. The molecule has 1 saturated heterocycles. The molecule has 0 radical (unpaired) electrons. The molecule has 0 saturated carbocycles. The second-order valence-corrected chi connectivity index (χ2v) is 4.19. The van der Waals surface area contributed by atoms with Crippen LogP contribution in [-0.4, -0.2) is 59.3 Å². The van der Waals surface area contributed by atoms with Crippen molar-refractivity contribution in [2.24, 2.45) is 5.92 Å². The van der Waals surface area contributed by atoms with E-state index in [0.29, 0.717) is 13.1 Å². The van der Waals surface area contributed by atoms with E-state index in [2.05, 4.69) is 5.32 Å². The van der Waals surface area contributed by atoms with Gasteiger partial charge in [0.1, 0.15) is 6.04 Å². The molecule has 92 valence electrons. The summed E-state index contributed by atoms with van der Waals surface area (Å²) in [5, 5.41) is 20.3. The van der Waals surface area contributed by atoms with Crippen molar-refractivity contribution in [2.45, 2.75) is 19.4 Å². The molecule has 2 unspecified atom stereocenters. The maximum atomic E-state index is 10.9. The molecule has 1 fully saturated rings. The summed E-state index contributed by atoms with van der Waals surface area (Å²) in [5.41, 5.74) is 0. The SMILES string of the molecule is CC(=O)NC(CN1CCC(CO)C1)C(=O)O. The zero-order chi connectivity index (χ0) is 12.1. The molecule has 3 N–H and O–H groups in total. The number of rotatable bonds is 5. The van der Waals surface area contributed by atoms with Crippen molar-refractivity contribution in [3.8, 4) is 0 Å². The second-order valence-electron chi connectivity index (χ2n) is 4.19. The lowest BCUT2D eigenvalue weighted by atomic mass is 10.1. The first-order chi connectivity index (χ1) is 7.52. The first-order valence-electron chi connectivity index (χ1n) is 5.36. The molecular formula is C10H18N2O4. The molecule has 16 heavy (non-hydrogen) atoms. The number of nitrogens with zero attached hydrogens (tertiary/aromatic N) is 1. The highest BCUT2D eigenvalue weighted by Gasteiger charge is 2.27. The molecule has 1 aliphatic heterocycles. The molecule has 0 aromatic rings. The van der Waals surface area contributed by atoms with Crippen LogP contribution < -0.4 is 5.32 Å². The Hall–Kier alpha value is -1.14. The zero-order valence-electron chi connectivity index (χ0n) is 9.35. The summed E-state index contributed by atoms with van der Waals surface area (Å²) in [4.78, 5) is 23.7. The Labute approximate surface area is 94.2 Å². The van der Waals surface area contributed by atoms with Gasteiger partial charge in [-0.2, -0.15) is 0 Å². The van der Waals surface area contributed by atoms with Crippen LogP contribution in [0.25, 0.3) is 0 Å². The second kappa shape index (κ2) is 5.81. The van der Waals surface area contributed by atoms with Gasteiger partial charge in [0.25, 0.3) is 0 Å². The predicted molar refractivity (Wildman–Crippen MR) is 56.9 cm³/mol. The minimum atomic E-state index is -1.03. The van der Waals surface area contributed by atoms with Crippen LogP contribution in [0.4, 0.5) is 0 Å². The summed E-state index contributed by atoms with van der Waals surface area (Å²) in [6.45, 7) is 3.20. The predicted octanol–water partition coefficient (Wildman–Crippen LogP) is -1.11. The lowest BCUT2D eigenvalue weighted by Crippen LogP contribution is -2.47. The fourth-order valence-corrected chi connectivity index (χ4v) is 1.92. The summed E-state index contributed by atoms with van der Waals surface area (Å²) in [7, 11) is 0. The fraction of sp³-hybridized carbons (Fsp3) is 0.800. The molecule has 1 amide bonds. The lowest BCUT2D eigenvalue weighted by Gasteiger charge is -2.21. The molecule has 0 aromatic carbocycles. The van der Waals surface area contributed by atoms with Crippen molar-refractivity contribution in [1.82, 2.24) is 10.2 Å². The molecular weight excluding hydrogens is 212 g/mol. The van der Waals surface area contributed by atoms with Gasteiger partial charge in [-0.25, -0.2) is 4.79 Å². The Morgan fingerprint density at radius 1 is 1.56 bits per heavy atom. The van der Waals surface area contributed by atoms with Gasteiger partial charge in [0.2, 0.25) is 5.91 Å². The van der Waals surface area contributed by atoms with Crippen LogP contribution in [0.1, 0.15) is 13.3 Å². The topological polar surface area (TPSA) is 89.9 Å². The van der Waals surface area contributed by atoms with Crippen LogP contribution in [0, 0.1) is 5.92 Å². The van der Waals surface area contributed by atoms with E-state index >= 15 is 0 Å². The van der Waals surface area contributed by atoms with Crippen molar-refractivity contribution in [1.29, 1.82) is 0 Å². The third-order valence-electron chi connectivity index (χ3n) is 2.74. The molecule has 0 aromatic heterocycles. The zero-order valence-corrected chi connectivity index (χ0v) is 9.35. The number of nitrogens with one attached hydrogen (secondary N) is 1. The highest BCUT2D eigenvalue weighted by molar-refractivity contribution is 5.82. The Morgan fingerprint density at radius 2 is 2.25 bits per heavy atom. The first-order valence-corrected chi connectivity index (χ1v) is 5.36. The van der Waals surface area contributed by atoms with Crippen molar-refractivity contribution in [3.63, 3.8) is 0 Å². The molecule has 1 heterocycles. The van der Waals surface area contributed by atoms with Crippen molar-refractivity contribution >= 4 is 11.9 Å². The molecule has 0 aliphatic carbocycles. The minimum absolute atomic E-state index is 0.133. The monoisotopic (exact) mass is 230 g/mol. The average Bonchev–Trinajstić information content (AvgIpc) is 2.63. The summed E-state index contributed by atoms with van der Waals surface area (Å²) < 4.78 is 0. The van der Waals surface area contributed by atoms with Crippen LogP contribution >= 0.6 is 0 Å². The van der Waals surface area contributed by atoms with Crippen LogP contribution in [0.15, 0.2) is 0 Å². The van der Waals surface area contributed by atoms with Crippen molar-refractivity contribution in [2.75, 3.05) is 26.2 Å².